The van der Waals surface area contributed by atoms with Gasteiger partial charge in [-0.05, 0) is 67.7 Å². The van der Waals surface area contributed by atoms with Gasteiger partial charge in [-0.3, -0.25) is 14.9 Å². The smallest absolute Gasteiger partial charge is 0.258 e. The fourth-order valence-corrected chi connectivity index (χ4v) is 9.12. The Balaban J connectivity index is 1.34. The molecule has 1 amide bonds. The Morgan fingerprint density at radius 1 is 1.26 bits per heavy atom. The van der Waals surface area contributed by atoms with E-state index in [1.165, 1.54) is 11.3 Å². The zero-order chi connectivity index (χ0) is 24.8. The van der Waals surface area contributed by atoms with Crippen LogP contribution in [0, 0.1) is 34.5 Å². The number of amides is 1. The molecule has 6 nitrogen and oxygen atoms in total. The number of carbonyl (C=O) groups is 2. The van der Waals surface area contributed by atoms with Gasteiger partial charge in [-0.15, -0.1) is 0 Å². The minimum absolute atomic E-state index is 0.0152. The third-order valence-electron chi connectivity index (χ3n) is 9.94. The number of rotatable bonds is 2. The first-order valence-corrected chi connectivity index (χ1v) is 13.4. The van der Waals surface area contributed by atoms with E-state index in [-0.39, 0.29) is 34.9 Å². The van der Waals surface area contributed by atoms with Gasteiger partial charge in [0.15, 0.2) is 16.5 Å². The Labute approximate surface area is 209 Å². The predicted octanol–water partition coefficient (Wildman–Crippen LogP) is 4.49. The maximum absolute atomic E-state index is 13.7. The summed E-state index contributed by atoms with van der Waals surface area (Å²) in [6, 6.07) is 7.72. The molecule has 8 atom stereocenters. The molecule has 2 aromatic rings. The third-order valence-corrected chi connectivity index (χ3v) is 10.9. The van der Waals surface area contributed by atoms with Crippen LogP contribution < -0.4 is 5.32 Å². The van der Waals surface area contributed by atoms with E-state index >= 15 is 0 Å². The van der Waals surface area contributed by atoms with Gasteiger partial charge in [0.25, 0.3) is 5.91 Å². The van der Waals surface area contributed by atoms with Crippen molar-refractivity contribution >= 4 is 38.4 Å². The summed E-state index contributed by atoms with van der Waals surface area (Å²) in [6.45, 7) is 6.08. The number of hydrogen-bond acceptors (Lipinski definition) is 6. The van der Waals surface area contributed by atoms with E-state index in [9.17, 15) is 19.8 Å². The number of allylic oxidation sites excluding steroid dienone is 4. The number of benzene rings is 1. The number of thiazole rings is 1. The van der Waals surface area contributed by atoms with Crippen molar-refractivity contribution in [2.24, 2.45) is 34.5 Å². The maximum Gasteiger partial charge on any atom is 0.258 e. The van der Waals surface area contributed by atoms with Crippen LogP contribution in [-0.2, 0) is 9.59 Å². The maximum atomic E-state index is 13.7. The van der Waals surface area contributed by atoms with Gasteiger partial charge in [0.1, 0.15) is 0 Å². The SMILES string of the molecule is C[C@@H]1CC2C3CCC4=CC(=O)C=CC4(C)C3[C@@H](O)CC2(C)[C@@]1(O)C(=O)Nc1nc2ccccc2s1. The first kappa shape index (κ1) is 23.1. The molecule has 1 aromatic heterocycles. The summed E-state index contributed by atoms with van der Waals surface area (Å²) in [7, 11) is 0. The number of ketones is 1. The summed E-state index contributed by atoms with van der Waals surface area (Å²) >= 11 is 1.40. The molecule has 0 bridgehead atoms. The van der Waals surface area contributed by atoms with E-state index in [2.05, 4.69) is 17.2 Å². The molecule has 3 fully saturated rings. The normalized spacial score (nSPS) is 42.3. The minimum atomic E-state index is -1.61. The van der Waals surface area contributed by atoms with Crippen molar-refractivity contribution in [1.82, 2.24) is 4.98 Å². The summed E-state index contributed by atoms with van der Waals surface area (Å²) in [6.07, 6.45) is 7.41. The second-order valence-electron chi connectivity index (χ2n) is 11.6. The van der Waals surface area contributed by atoms with Crippen molar-refractivity contribution in [3.8, 4) is 0 Å². The zero-order valence-electron chi connectivity index (χ0n) is 20.3. The number of aliphatic hydroxyl groups is 2. The fraction of sp³-hybridized carbons (Fsp3) is 0.536. The monoisotopic (exact) mass is 492 g/mol. The molecule has 0 radical (unpaired) electrons. The van der Waals surface area contributed by atoms with Crippen LogP contribution in [0.2, 0.25) is 0 Å². The highest BCUT2D eigenvalue weighted by molar-refractivity contribution is 7.22. The lowest BCUT2D eigenvalue weighted by Crippen LogP contribution is -2.63. The van der Waals surface area contributed by atoms with Crippen LogP contribution in [0.4, 0.5) is 5.13 Å². The van der Waals surface area contributed by atoms with Crippen LogP contribution in [0.5, 0.6) is 0 Å². The molecule has 184 valence electrons. The molecule has 3 saturated carbocycles. The van der Waals surface area contributed by atoms with Gasteiger partial charge in [-0.1, -0.05) is 55.9 Å². The van der Waals surface area contributed by atoms with E-state index in [1.54, 1.807) is 12.2 Å². The Bertz CT molecular complexity index is 1270. The van der Waals surface area contributed by atoms with Crippen molar-refractivity contribution in [3.05, 3.63) is 48.1 Å². The van der Waals surface area contributed by atoms with Crippen molar-refractivity contribution in [2.75, 3.05) is 5.32 Å². The molecule has 7 heteroatoms. The second-order valence-corrected chi connectivity index (χ2v) is 12.6. The number of anilines is 1. The summed E-state index contributed by atoms with van der Waals surface area (Å²) in [5.41, 5.74) is -0.831. The van der Waals surface area contributed by atoms with Crippen LogP contribution >= 0.6 is 11.3 Å². The van der Waals surface area contributed by atoms with E-state index < -0.39 is 23.0 Å². The van der Waals surface area contributed by atoms with Crippen molar-refractivity contribution < 1.29 is 19.8 Å². The summed E-state index contributed by atoms with van der Waals surface area (Å²) in [4.78, 5) is 30.3. The molecule has 4 aliphatic rings. The van der Waals surface area contributed by atoms with Crippen molar-refractivity contribution in [2.45, 2.75) is 58.2 Å². The Morgan fingerprint density at radius 3 is 2.80 bits per heavy atom. The number of carbonyl (C=O) groups excluding carboxylic acids is 2. The largest absolute Gasteiger partial charge is 0.393 e. The molecule has 6 rings (SSSR count). The van der Waals surface area contributed by atoms with E-state index in [1.807, 2.05) is 44.2 Å². The summed E-state index contributed by atoms with van der Waals surface area (Å²) < 4.78 is 0.979. The van der Waals surface area contributed by atoms with Crippen LogP contribution in [0.1, 0.15) is 46.5 Å². The van der Waals surface area contributed by atoms with Gasteiger partial charge >= 0.3 is 0 Å². The van der Waals surface area contributed by atoms with Gasteiger partial charge in [0.2, 0.25) is 0 Å². The number of aromatic nitrogens is 1. The van der Waals surface area contributed by atoms with Crippen molar-refractivity contribution in [1.29, 1.82) is 0 Å². The Hall–Kier alpha value is -2.35. The van der Waals surface area contributed by atoms with Crippen LogP contribution in [0.25, 0.3) is 10.2 Å². The first-order chi connectivity index (χ1) is 16.6. The molecule has 1 heterocycles. The number of fused-ring (bicyclic) bond motifs is 6. The topological polar surface area (TPSA) is 99.5 Å². The molecule has 4 aliphatic carbocycles. The van der Waals surface area contributed by atoms with Gasteiger partial charge in [0.05, 0.1) is 16.3 Å². The number of aliphatic hydroxyl groups excluding tert-OH is 1. The molecule has 0 saturated heterocycles. The standard InChI is InChI=1S/C28H32N2O4S/c1-15-12-19-18-9-8-16-13-17(31)10-11-26(16,2)23(18)21(32)14-27(19,3)28(15,34)24(33)30-25-29-20-6-4-5-7-22(20)35-25/h4-7,10-11,13,15,18-19,21,23,32,34H,8-9,12,14H2,1-3H3,(H,29,30,33)/t15-,18?,19?,21+,23?,26?,27?,28+/m1/s1. The Kier molecular flexibility index (Phi) is 4.99. The average molecular weight is 493 g/mol. The highest BCUT2D eigenvalue weighted by atomic mass is 32.1. The van der Waals surface area contributed by atoms with Gasteiger partial charge in [-0.2, -0.15) is 0 Å². The molecule has 0 aliphatic heterocycles. The lowest BCUT2D eigenvalue weighted by atomic mass is 9.46. The molecule has 5 unspecified atom stereocenters. The summed E-state index contributed by atoms with van der Waals surface area (Å²) in [5.74, 6) is -0.443. The average Bonchev–Trinajstić information content (AvgIpc) is 3.31. The van der Waals surface area contributed by atoms with Gasteiger partial charge < -0.3 is 10.2 Å². The third kappa shape index (κ3) is 3.04. The zero-order valence-corrected chi connectivity index (χ0v) is 21.1. The fourth-order valence-electron chi connectivity index (χ4n) is 8.26. The van der Waals surface area contributed by atoms with Crippen LogP contribution in [0.3, 0.4) is 0 Å². The van der Waals surface area contributed by atoms with Crippen molar-refractivity contribution in [3.63, 3.8) is 0 Å². The number of nitrogens with one attached hydrogen (secondary N) is 1. The highest BCUT2D eigenvalue weighted by Crippen LogP contribution is 2.68. The molecular formula is C28H32N2O4S. The highest BCUT2D eigenvalue weighted by Gasteiger charge is 2.70. The molecule has 35 heavy (non-hydrogen) atoms. The molecule has 1 aromatic carbocycles. The van der Waals surface area contributed by atoms with Gasteiger partial charge in [0, 0.05) is 16.7 Å². The molecular weight excluding hydrogens is 460 g/mol. The lowest BCUT2D eigenvalue weighted by molar-refractivity contribution is -0.179. The first-order valence-electron chi connectivity index (χ1n) is 12.6. The molecule has 0 spiro atoms. The number of hydrogen-bond donors (Lipinski definition) is 3. The lowest BCUT2D eigenvalue weighted by Gasteiger charge is -2.59. The minimum Gasteiger partial charge on any atom is -0.393 e. The van der Waals surface area contributed by atoms with Crippen LogP contribution in [-0.4, -0.2) is 38.6 Å². The molecule has 3 N–H and O–H groups in total. The number of nitrogens with zero attached hydrogens (tertiary/aromatic N) is 1. The Morgan fingerprint density at radius 2 is 2.03 bits per heavy atom. The second kappa shape index (κ2) is 7.58. The van der Waals surface area contributed by atoms with E-state index in [0.29, 0.717) is 11.6 Å². The van der Waals surface area contributed by atoms with E-state index in [0.717, 1.165) is 35.1 Å². The van der Waals surface area contributed by atoms with Crippen LogP contribution in [0.15, 0.2) is 48.1 Å². The quantitative estimate of drug-likeness (QED) is 0.574. The van der Waals surface area contributed by atoms with E-state index in [4.69, 9.17) is 0 Å². The van der Waals surface area contributed by atoms with Gasteiger partial charge in [-0.25, -0.2) is 4.98 Å². The predicted molar refractivity (Wildman–Crippen MR) is 136 cm³/mol. The number of para-hydroxylation sites is 1. The summed E-state index contributed by atoms with van der Waals surface area (Å²) in [5, 5.41) is 27.1.